The fourth-order valence-corrected chi connectivity index (χ4v) is 2.14. The van der Waals surface area contributed by atoms with Crippen molar-refractivity contribution in [3.8, 4) is 0 Å². The fraction of sp³-hybridized carbons (Fsp3) is 0.222. The highest BCUT2D eigenvalue weighted by molar-refractivity contribution is 9.25. The molecule has 0 bridgehead atoms. The fourth-order valence-electron chi connectivity index (χ4n) is 1.04. The van der Waals surface area contributed by atoms with Gasteiger partial charge in [0.15, 0.2) is 5.78 Å². The van der Waals surface area contributed by atoms with Gasteiger partial charge in [0.1, 0.15) is 3.74 Å². The molecule has 0 radical (unpaired) electrons. The maximum absolute atomic E-state index is 11.5. The Morgan fingerprint density at radius 1 is 1.25 bits per heavy atom. The zero-order chi connectivity index (χ0) is 12.3. The molecule has 0 unspecified atom stereocenters. The number of halogens is 2. The van der Waals surface area contributed by atoms with E-state index in [-0.39, 0.29) is 5.78 Å². The number of benzene rings is 1. The lowest BCUT2D eigenvalue weighted by atomic mass is 10.1. The largest absolute Gasteiger partial charge is 0.292 e. The lowest BCUT2D eigenvalue weighted by Gasteiger charge is -2.05. The number of anilines is 1. The molecule has 4 nitrogen and oxygen atoms in total. The van der Waals surface area contributed by atoms with Gasteiger partial charge in [-0.15, -0.1) is 0 Å². The van der Waals surface area contributed by atoms with Gasteiger partial charge in [-0.3, -0.25) is 9.52 Å². The molecular formula is C9H9Br2NO3S. The summed E-state index contributed by atoms with van der Waals surface area (Å²) < 4.78 is 23.7. The highest BCUT2D eigenvalue weighted by atomic mass is 79.9. The summed E-state index contributed by atoms with van der Waals surface area (Å²) in [4.78, 5) is 11.5. The van der Waals surface area contributed by atoms with Crippen LogP contribution in [0, 0.1) is 0 Å². The zero-order valence-electron chi connectivity index (χ0n) is 8.28. The van der Waals surface area contributed by atoms with Crippen LogP contribution in [0.15, 0.2) is 24.3 Å². The lowest BCUT2D eigenvalue weighted by molar-refractivity contribution is 0.101. The van der Waals surface area contributed by atoms with Crippen molar-refractivity contribution in [2.24, 2.45) is 0 Å². The zero-order valence-corrected chi connectivity index (χ0v) is 12.3. The second-order valence-corrected chi connectivity index (χ2v) is 7.93. The van der Waals surface area contributed by atoms with Gasteiger partial charge in [-0.05, 0) is 24.3 Å². The molecule has 1 N–H and O–H groups in total. The molecule has 0 aromatic heterocycles. The molecule has 7 heteroatoms. The van der Waals surface area contributed by atoms with Crippen LogP contribution in [0.2, 0.25) is 0 Å². The number of Topliss-reactive ketones (excluding diaryl/α,β-unsaturated/α-hetero) is 1. The predicted molar refractivity (Wildman–Crippen MR) is 70.9 cm³/mol. The molecule has 0 aliphatic carbocycles. The minimum absolute atomic E-state index is 0.120. The van der Waals surface area contributed by atoms with Crippen LogP contribution in [0.3, 0.4) is 0 Å². The van der Waals surface area contributed by atoms with Crippen LogP contribution in [0.1, 0.15) is 10.4 Å². The van der Waals surface area contributed by atoms with Gasteiger partial charge in [0.2, 0.25) is 10.0 Å². The molecule has 16 heavy (non-hydrogen) atoms. The van der Waals surface area contributed by atoms with Gasteiger partial charge in [0.25, 0.3) is 0 Å². The van der Waals surface area contributed by atoms with Crippen molar-refractivity contribution in [1.82, 2.24) is 0 Å². The SMILES string of the molecule is CS(=O)(=O)Nc1ccc(C(=O)C(Br)Br)cc1. The van der Waals surface area contributed by atoms with Crippen LogP contribution in [-0.2, 0) is 10.0 Å². The molecule has 0 fully saturated rings. The number of rotatable bonds is 4. The summed E-state index contributed by atoms with van der Waals surface area (Å²) in [5, 5.41) is 0. The van der Waals surface area contributed by atoms with Gasteiger partial charge in [0, 0.05) is 11.3 Å². The topological polar surface area (TPSA) is 63.2 Å². The van der Waals surface area contributed by atoms with Crippen molar-refractivity contribution in [2.75, 3.05) is 11.0 Å². The van der Waals surface area contributed by atoms with Gasteiger partial charge < -0.3 is 0 Å². The Balaban J connectivity index is 2.88. The molecular weight excluding hydrogens is 362 g/mol. The van der Waals surface area contributed by atoms with Crippen LogP contribution in [0.25, 0.3) is 0 Å². The van der Waals surface area contributed by atoms with Crippen molar-refractivity contribution >= 4 is 53.4 Å². The van der Waals surface area contributed by atoms with Gasteiger partial charge in [0.05, 0.1) is 6.26 Å². The Kier molecular flexibility index (Phi) is 4.52. The molecule has 88 valence electrons. The minimum Gasteiger partial charge on any atom is -0.292 e. The summed E-state index contributed by atoms with van der Waals surface area (Å²) in [6.45, 7) is 0. The predicted octanol–water partition coefficient (Wildman–Crippen LogP) is 2.36. The summed E-state index contributed by atoms with van der Waals surface area (Å²) in [5.41, 5.74) is 0.928. The molecule has 0 saturated carbocycles. The third-order valence-electron chi connectivity index (χ3n) is 1.67. The molecule has 0 aliphatic rings. The Hall–Kier alpha value is -0.400. The summed E-state index contributed by atoms with van der Waals surface area (Å²) in [7, 11) is -3.28. The molecule has 0 amide bonds. The number of carbonyl (C=O) groups excluding carboxylic acids is 1. The number of carbonyl (C=O) groups is 1. The second kappa shape index (κ2) is 5.29. The smallest absolute Gasteiger partial charge is 0.229 e. The monoisotopic (exact) mass is 369 g/mol. The second-order valence-electron chi connectivity index (χ2n) is 3.12. The Morgan fingerprint density at radius 2 is 1.75 bits per heavy atom. The Morgan fingerprint density at radius 3 is 2.12 bits per heavy atom. The first-order valence-electron chi connectivity index (χ1n) is 4.20. The summed E-state index contributed by atoms with van der Waals surface area (Å²) in [5.74, 6) is -0.120. The van der Waals surface area contributed by atoms with E-state index < -0.39 is 13.8 Å². The lowest BCUT2D eigenvalue weighted by Crippen LogP contribution is -2.10. The van der Waals surface area contributed by atoms with Crippen molar-refractivity contribution in [2.45, 2.75) is 3.74 Å². The van der Waals surface area contributed by atoms with E-state index >= 15 is 0 Å². The molecule has 0 aliphatic heterocycles. The highest BCUT2D eigenvalue weighted by Crippen LogP contribution is 2.18. The van der Waals surface area contributed by atoms with Crippen LogP contribution in [0.4, 0.5) is 5.69 Å². The first-order valence-corrected chi connectivity index (χ1v) is 7.92. The first kappa shape index (κ1) is 13.7. The molecule has 1 aromatic carbocycles. The summed E-state index contributed by atoms with van der Waals surface area (Å²) in [6.07, 6.45) is 1.07. The van der Waals surface area contributed by atoms with E-state index in [2.05, 4.69) is 36.6 Å². The molecule has 0 saturated heterocycles. The van der Waals surface area contributed by atoms with Crippen LogP contribution < -0.4 is 4.72 Å². The average Bonchev–Trinajstić information content (AvgIpc) is 2.15. The molecule has 1 aromatic rings. The van der Waals surface area contributed by atoms with Crippen LogP contribution >= 0.6 is 31.9 Å². The molecule has 1 rings (SSSR count). The average molecular weight is 371 g/mol. The van der Waals surface area contributed by atoms with Crippen LogP contribution in [0.5, 0.6) is 0 Å². The Labute approximate surface area is 111 Å². The number of sulfonamides is 1. The van der Waals surface area contributed by atoms with Gasteiger partial charge >= 0.3 is 0 Å². The summed E-state index contributed by atoms with van der Waals surface area (Å²) >= 11 is 6.20. The van der Waals surface area contributed by atoms with E-state index in [4.69, 9.17) is 0 Å². The van der Waals surface area contributed by atoms with Crippen molar-refractivity contribution < 1.29 is 13.2 Å². The number of alkyl halides is 2. The maximum atomic E-state index is 11.5. The van der Waals surface area contributed by atoms with Gasteiger partial charge in [-0.1, -0.05) is 31.9 Å². The quantitative estimate of drug-likeness (QED) is 0.653. The van der Waals surface area contributed by atoms with Crippen molar-refractivity contribution in [3.05, 3.63) is 29.8 Å². The number of ketones is 1. The number of hydrogen-bond donors (Lipinski definition) is 1. The number of nitrogens with one attached hydrogen (secondary N) is 1. The van der Waals surface area contributed by atoms with Gasteiger partial charge in [-0.25, -0.2) is 8.42 Å². The van der Waals surface area contributed by atoms with Gasteiger partial charge in [-0.2, -0.15) is 0 Å². The van der Waals surface area contributed by atoms with E-state index in [0.29, 0.717) is 11.3 Å². The van der Waals surface area contributed by atoms with E-state index in [1.54, 1.807) is 12.1 Å². The van der Waals surface area contributed by atoms with Crippen molar-refractivity contribution in [3.63, 3.8) is 0 Å². The van der Waals surface area contributed by atoms with Crippen molar-refractivity contribution in [1.29, 1.82) is 0 Å². The van der Waals surface area contributed by atoms with Crippen LogP contribution in [-0.4, -0.2) is 24.2 Å². The van der Waals surface area contributed by atoms with E-state index in [9.17, 15) is 13.2 Å². The molecule has 0 spiro atoms. The Bertz CT molecular complexity index is 482. The first-order chi connectivity index (χ1) is 7.29. The summed E-state index contributed by atoms with van der Waals surface area (Å²) in [6, 6.07) is 6.20. The number of hydrogen-bond acceptors (Lipinski definition) is 3. The van der Waals surface area contributed by atoms with E-state index in [1.165, 1.54) is 12.1 Å². The minimum atomic E-state index is -3.28. The standard InChI is InChI=1S/C9H9Br2NO3S/c1-16(14,15)12-7-4-2-6(3-5-7)8(13)9(10)11/h2-5,9,12H,1H3. The van der Waals surface area contributed by atoms with E-state index in [1.807, 2.05) is 0 Å². The highest BCUT2D eigenvalue weighted by Gasteiger charge is 2.13. The third kappa shape index (κ3) is 4.23. The molecule has 0 heterocycles. The normalized spacial score (nSPS) is 11.5. The third-order valence-corrected chi connectivity index (χ3v) is 3.11. The molecule has 0 atom stereocenters. The van der Waals surface area contributed by atoms with E-state index in [0.717, 1.165) is 6.26 Å². The maximum Gasteiger partial charge on any atom is 0.229 e.